The quantitative estimate of drug-likeness (QED) is 0.563. The molecule has 0 saturated carbocycles. The van der Waals surface area contributed by atoms with Crippen molar-refractivity contribution >= 4 is 0 Å². The number of nitrogens with one attached hydrogen (secondary N) is 1. The second-order valence-corrected chi connectivity index (χ2v) is 5.12. The molecule has 1 heterocycles. The van der Waals surface area contributed by atoms with Gasteiger partial charge in [-0.15, -0.1) is 0 Å². The van der Waals surface area contributed by atoms with Crippen molar-refractivity contribution in [2.24, 2.45) is 0 Å². The molecular formula is C23H39NO. The maximum atomic E-state index is 11.5. The average molecular weight is 346 g/mol. The van der Waals surface area contributed by atoms with Gasteiger partial charge in [-0.25, -0.2) is 0 Å². The lowest BCUT2D eigenvalue weighted by atomic mass is 9.77. The lowest BCUT2D eigenvalue weighted by Crippen LogP contribution is -2.50. The molecule has 1 aliphatic rings. The molecule has 142 valence electrons. The fourth-order valence-corrected chi connectivity index (χ4v) is 2.78. The van der Waals surface area contributed by atoms with E-state index in [-0.39, 0.29) is 6.04 Å². The maximum absolute atomic E-state index is 11.5. The van der Waals surface area contributed by atoms with Crippen LogP contribution in [0.15, 0.2) is 72.9 Å². The summed E-state index contributed by atoms with van der Waals surface area (Å²) in [5, 5.41) is 14.9. The minimum atomic E-state index is -1.10. The number of allylic oxidation sites excluding steroid dienone is 6. The summed E-state index contributed by atoms with van der Waals surface area (Å²) in [7, 11) is 0. The first-order chi connectivity index (χ1) is 12.1. The van der Waals surface area contributed by atoms with Crippen molar-refractivity contribution < 1.29 is 5.11 Å². The SMILES string of the molecule is C=C/C=C(\C=C/C)C(O)(/C(C=C)=C/C=C\C)C1CCCN1.CC.CC. The largest absolute Gasteiger partial charge is 0.379 e. The summed E-state index contributed by atoms with van der Waals surface area (Å²) in [6, 6.07) is -0.0191. The van der Waals surface area contributed by atoms with Crippen molar-refractivity contribution in [3.8, 4) is 0 Å². The van der Waals surface area contributed by atoms with Gasteiger partial charge in [0.2, 0.25) is 0 Å². The molecular weight excluding hydrogens is 306 g/mol. The maximum Gasteiger partial charge on any atom is 0.130 e. The highest BCUT2D eigenvalue weighted by Gasteiger charge is 2.42. The Bertz CT molecular complexity index is 476. The van der Waals surface area contributed by atoms with Crippen LogP contribution < -0.4 is 5.32 Å². The minimum Gasteiger partial charge on any atom is -0.379 e. The van der Waals surface area contributed by atoms with E-state index < -0.39 is 5.60 Å². The molecule has 2 atom stereocenters. The molecule has 2 nitrogen and oxygen atoms in total. The summed E-state index contributed by atoms with van der Waals surface area (Å²) in [5.41, 5.74) is 0.527. The van der Waals surface area contributed by atoms with Crippen molar-refractivity contribution in [3.05, 3.63) is 72.9 Å². The molecule has 2 unspecified atom stereocenters. The number of hydrogen-bond donors (Lipinski definition) is 2. The van der Waals surface area contributed by atoms with Gasteiger partial charge in [0.05, 0.1) is 0 Å². The lowest BCUT2D eigenvalue weighted by Gasteiger charge is -2.37. The van der Waals surface area contributed by atoms with Crippen LogP contribution in [0.5, 0.6) is 0 Å². The van der Waals surface area contributed by atoms with Crippen LogP contribution in [0.4, 0.5) is 0 Å². The number of hydrogen-bond acceptors (Lipinski definition) is 2. The molecule has 2 N–H and O–H groups in total. The first-order valence-electron chi connectivity index (χ1n) is 9.52. The second kappa shape index (κ2) is 15.9. The van der Waals surface area contributed by atoms with Crippen molar-refractivity contribution in [3.63, 3.8) is 0 Å². The van der Waals surface area contributed by atoms with Crippen LogP contribution in [0.3, 0.4) is 0 Å². The lowest BCUT2D eigenvalue weighted by molar-refractivity contribution is 0.0864. The van der Waals surface area contributed by atoms with Gasteiger partial charge in [-0.3, -0.25) is 0 Å². The minimum absolute atomic E-state index is 0.0191. The molecule has 0 aliphatic carbocycles. The highest BCUT2D eigenvalue weighted by molar-refractivity contribution is 5.48. The molecule has 1 fully saturated rings. The topological polar surface area (TPSA) is 32.3 Å². The van der Waals surface area contributed by atoms with Crippen LogP contribution >= 0.6 is 0 Å². The van der Waals surface area contributed by atoms with E-state index in [9.17, 15) is 5.11 Å². The van der Waals surface area contributed by atoms with E-state index in [1.165, 1.54) is 0 Å². The fourth-order valence-electron chi connectivity index (χ4n) is 2.78. The molecule has 0 aromatic rings. The highest BCUT2D eigenvalue weighted by Crippen LogP contribution is 2.35. The Hall–Kier alpha value is -1.64. The molecule has 1 aliphatic heterocycles. The predicted octanol–water partition coefficient (Wildman–Crippen LogP) is 5.90. The van der Waals surface area contributed by atoms with Crippen molar-refractivity contribution in [2.45, 2.75) is 66.0 Å². The summed E-state index contributed by atoms with van der Waals surface area (Å²) < 4.78 is 0. The van der Waals surface area contributed by atoms with Gasteiger partial charge in [-0.05, 0) is 44.4 Å². The van der Waals surface area contributed by atoms with Gasteiger partial charge in [0.25, 0.3) is 0 Å². The molecule has 0 spiro atoms. The van der Waals surface area contributed by atoms with E-state index in [1.807, 2.05) is 78.0 Å². The van der Waals surface area contributed by atoms with E-state index in [0.29, 0.717) is 0 Å². The van der Waals surface area contributed by atoms with Gasteiger partial charge in [0.15, 0.2) is 0 Å². The number of aliphatic hydroxyl groups is 1. The van der Waals surface area contributed by atoms with E-state index in [0.717, 1.165) is 30.5 Å². The standard InChI is InChI=1S/C19H27NO.2C2H6/c1-5-9-13-16(8-4)19(21,18-14-10-15-20-18)17(11-6-2)12-7-3;2*1-2/h5-9,11-13,18,20-21H,2,4,10,14-15H2,1,3H3;2*1-2H3/b9-5-,12-7-,16-13+,17-11+;;. The van der Waals surface area contributed by atoms with Crippen LogP contribution in [-0.4, -0.2) is 23.3 Å². The van der Waals surface area contributed by atoms with Crippen molar-refractivity contribution in [1.29, 1.82) is 0 Å². The van der Waals surface area contributed by atoms with Crippen LogP contribution in [0, 0.1) is 0 Å². The Balaban J connectivity index is 0. The highest BCUT2D eigenvalue weighted by atomic mass is 16.3. The van der Waals surface area contributed by atoms with Crippen LogP contribution in [0.1, 0.15) is 54.4 Å². The Morgan fingerprint density at radius 3 is 2.08 bits per heavy atom. The third-order valence-corrected chi connectivity index (χ3v) is 3.78. The monoisotopic (exact) mass is 345 g/mol. The summed E-state index contributed by atoms with van der Waals surface area (Å²) in [4.78, 5) is 0. The fraction of sp³-hybridized carbons (Fsp3) is 0.478. The Labute approximate surface area is 156 Å². The van der Waals surface area contributed by atoms with Crippen LogP contribution in [-0.2, 0) is 0 Å². The Morgan fingerprint density at radius 2 is 1.68 bits per heavy atom. The summed E-state index contributed by atoms with van der Waals surface area (Å²) in [6.45, 7) is 20.5. The smallest absolute Gasteiger partial charge is 0.130 e. The van der Waals surface area contributed by atoms with E-state index in [1.54, 1.807) is 12.2 Å². The first-order valence-corrected chi connectivity index (χ1v) is 9.52. The molecule has 1 rings (SSSR count). The summed E-state index contributed by atoms with van der Waals surface area (Å²) in [6.07, 6.45) is 17.0. The third-order valence-electron chi connectivity index (χ3n) is 3.78. The molecule has 0 bridgehead atoms. The van der Waals surface area contributed by atoms with E-state index in [4.69, 9.17) is 0 Å². The Morgan fingerprint density at radius 1 is 1.04 bits per heavy atom. The van der Waals surface area contributed by atoms with Crippen LogP contribution in [0.2, 0.25) is 0 Å². The zero-order chi connectivity index (χ0) is 19.7. The predicted molar refractivity (Wildman–Crippen MR) is 115 cm³/mol. The molecule has 0 aromatic heterocycles. The molecule has 0 aromatic carbocycles. The van der Waals surface area contributed by atoms with Gasteiger partial charge < -0.3 is 10.4 Å². The summed E-state index contributed by atoms with van der Waals surface area (Å²) >= 11 is 0. The molecule has 0 radical (unpaired) electrons. The second-order valence-electron chi connectivity index (χ2n) is 5.12. The van der Waals surface area contributed by atoms with E-state index >= 15 is 0 Å². The van der Waals surface area contributed by atoms with Gasteiger partial charge in [-0.2, -0.15) is 0 Å². The zero-order valence-electron chi connectivity index (χ0n) is 17.2. The molecule has 2 heteroatoms. The molecule has 25 heavy (non-hydrogen) atoms. The first kappa shape index (κ1) is 25.6. The van der Waals surface area contributed by atoms with Crippen molar-refractivity contribution in [2.75, 3.05) is 6.54 Å². The van der Waals surface area contributed by atoms with Gasteiger partial charge in [0.1, 0.15) is 5.60 Å². The molecule has 1 saturated heterocycles. The summed E-state index contributed by atoms with van der Waals surface area (Å²) in [5.74, 6) is 0. The van der Waals surface area contributed by atoms with Crippen LogP contribution in [0.25, 0.3) is 0 Å². The average Bonchev–Trinajstić information content (AvgIpc) is 3.20. The van der Waals surface area contributed by atoms with Gasteiger partial charge in [-0.1, -0.05) is 89.5 Å². The van der Waals surface area contributed by atoms with Gasteiger partial charge >= 0.3 is 0 Å². The third kappa shape index (κ3) is 7.41. The molecule has 0 amide bonds. The Kier molecular flexibility index (Phi) is 16.2. The normalized spacial score (nSPS) is 20.4. The van der Waals surface area contributed by atoms with Crippen molar-refractivity contribution in [1.82, 2.24) is 5.32 Å². The van der Waals surface area contributed by atoms with Gasteiger partial charge in [0, 0.05) is 6.04 Å². The van der Waals surface area contributed by atoms with E-state index in [2.05, 4.69) is 18.5 Å². The number of rotatable bonds is 7. The zero-order valence-corrected chi connectivity index (χ0v) is 17.2.